The molecule has 0 unspecified atom stereocenters. The molecule has 0 saturated carbocycles. The molecule has 29 heavy (non-hydrogen) atoms. The van der Waals surface area contributed by atoms with Gasteiger partial charge in [0.1, 0.15) is 16.8 Å². The minimum absolute atomic E-state index is 0.0823. The SMILES string of the molecule is COC(=O)C1=C(Nc2ccc(Sc3ncccc3C#N)cc2)C(=O)N(CCO)C1. The molecule has 0 radical (unpaired) electrons. The van der Waals surface area contributed by atoms with E-state index in [0.717, 1.165) is 4.90 Å². The van der Waals surface area contributed by atoms with Crippen molar-refractivity contribution in [2.24, 2.45) is 0 Å². The molecule has 3 rings (SSSR count). The lowest BCUT2D eigenvalue weighted by Gasteiger charge is -2.15. The average Bonchev–Trinajstić information content (AvgIpc) is 3.05. The van der Waals surface area contributed by atoms with Gasteiger partial charge < -0.3 is 20.1 Å². The Kier molecular flexibility index (Phi) is 6.49. The number of nitrogens with zero attached hydrogens (tertiary/aromatic N) is 3. The van der Waals surface area contributed by atoms with E-state index in [2.05, 4.69) is 16.4 Å². The molecule has 0 spiro atoms. The predicted molar refractivity (Wildman–Crippen MR) is 106 cm³/mol. The van der Waals surface area contributed by atoms with E-state index in [1.807, 2.05) is 12.1 Å². The van der Waals surface area contributed by atoms with Crippen LogP contribution in [0.15, 0.2) is 63.8 Å². The third-order valence-electron chi connectivity index (χ3n) is 4.18. The van der Waals surface area contributed by atoms with E-state index in [4.69, 9.17) is 15.1 Å². The number of anilines is 1. The molecule has 0 fully saturated rings. The average molecular weight is 410 g/mol. The summed E-state index contributed by atoms with van der Waals surface area (Å²) in [7, 11) is 1.26. The highest BCUT2D eigenvalue weighted by molar-refractivity contribution is 7.99. The van der Waals surface area contributed by atoms with Gasteiger partial charge in [-0.3, -0.25) is 4.79 Å². The zero-order chi connectivity index (χ0) is 20.8. The second kappa shape index (κ2) is 9.23. The number of rotatable bonds is 7. The maximum Gasteiger partial charge on any atom is 0.337 e. The Hall–Kier alpha value is -3.35. The second-order valence-corrected chi connectivity index (χ2v) is 7.08. The Morgan fingerprint density at radius 1 is 1.38 bits per heavy atom. The number of carbonyl (C=O) groups excluding carboxylic acids is 2. The standard InChI is InChI=1S/C20H18N4O4S/c1-28-20(27)16-12-24(9-10-25)19(26)17(16)23-14-4-6-15(7-5-14)29-18-13(11-21)3-2-8-22-18/h2-8,23,25H,9-10,12H2,1H3. The first-order valence-corrected chi connectivity index (χ1v) is 9.50. The van der Waals surface area contributed by atoms with Crippen molar-refractivity contribution in [2.45, 2.75) is 9.92 Å². The molecule has 1 aromatic heterocycles. The maximum atomic E-state index is 12.6. The number of β-amino-alcohol motifs (C(OH)–C–C–N with tert-alkyl or cyclic N) is 1. The van der Waals surface area contributed by atoms with Gasteiger partial charge in [-0.1, -0.05) is 11.8 Å². The summed E-state index contributed by atoms with van der Waals surface area (Å²) in [5.74, 6) is -0.960. The number of carbonyl (C=O) groups is 2. The third-order valence-corrected chi connectivity index (χ3v) is 5.21. The lowest BCUT2D eigenvalue weighted by molar-refractivity contribution is -0.136. The van der Waals surface area contributed by atoms with Gasteiger partial charge in [-0.15, -0.1) is 0 Å². The molecule has 1 aliphatic heterocycles. The van der Waals surface area contributed by atoms with Crippen molar-refractivity contribution >= 4 is 29.3 Å². The topological polar surface area (TPSA) is 116 Å². The van der Waals surface area contributed by atoms with Crippen molar-refractivity contribution in [3.8, 4) is 6.07 Å². The Balaban J connectivity index is 1.78. The van der Waals surface area contributed by atoms with Crippen LogP contribution in [0.3, 0.4) is 0 Å². The molecule has 0 atom stereocenters. The number of pyridine rings is 1. The number of aliphatic hydroxyl groups excluding tert-OH is 1. The Labute approximate surface area is 171 Å². The smallest absolute Gasteiger partial charge is 0.337 e. The molecule has 2 heterocycles. The fourth-order valence-corrected chi connectivity index (χ4v) is 3.60. The first-order valence-electron chi connectivity index (χ1n) is 8.69. The van der Waals surface area contributed by atoms with E-state index >= 15 is 0 Å². The molecule has 1 amide bonds. The van der Waals surface area contributed by atoms with E-state index in [1.165, 1.54) is 23.8 Å². The molecule has 9 heteroatoms. The fraction of sp³-hybridized carbons (Fsp3) is 0.200. The van der Waals surface area contributed by atoms with Crippen LogP contribution in [0.25, 0.3) is 0 Å². The number of aliphatic hydroxyl groups is 1. The van der Waals surface area contributed by atoms with Crippen molar-refractivity contribution < 1.29 is 19.4 Å². The van der Waals surface area contributed by atoms with E-state index < -0.39 is 5.97 Å². The van der Waals surface area contributed by atoms with Crippen LogP contribution < -0.4 is 5.32 Å². The number of hydrogen-bond donors (Lipinski definition) is 2. The minimum Gasteiger partial charge on any atom is -0.466 e. The summed E-state index contributed by atoms with van der Waals surface area (Å²) in [4.78, 5) is 31.0. The van der Waals surface area contributed by atoms with Gasteiger partial charge in [-0.25, -0.2) is 9.78 Å². The summed E-state index contributed by atoms with van der Waals surface area (Å²) in [6, 6.07) is 12.7. The summed E-state index contributed by atoms with van der Waals surface area (Å²) >= 11 is 1.36. The quantitative estimate of drug-likeness (QED) is 0.664. The zero-order valence-corrected chi connectivity index (χ0v) is 16.4. The molecule has 148 valence electrons. The van der Waals surface area contributed by atoms with Crippen molar-refractivity contribution in [1.82, 2.24) is 9.88 Å². The van der Waals surface area contributed by atoms with E-state index in [9.17, 15) is 9.59 Å². The fourth-order valence-electron chi connectivity index (χ4n) is 2.77. The first kappa shape index (κ1) is 20.4. The summed E-state index contributed by atoms with van der Waals surface area (Å²) in [6.07, 6.45) is 1.63. The second-order valence-electron chi connectivity index (χ2n) is 6.01. The maximum absolute atomic E-state index is 12.6. The first-order chi connectivity index (χ1) is 14.1. The molecule has 8 nitrogen and oxygen atoms in total. The summed E-state index contributed by atoms with van der Waals surface area (Å²) in [5.41, 5.74) is 1.47. The van der Waals surface area contributed by atoms with Crippen LogP contribution in [0.4, 0.5) is 5.69 Å². The van der Waals surface area contributed by atoms with E-state index in [-0.39, 0.29) is 36.9 Å². The molecule has 2 aromatic rings. The third kappa shape index (κ3) is 4.56. The number of aromatic nitrogens is 1. The van der Waals surface area contributed by atoms with Gasteiger partial charge >= 0.3 is 5.97 Å². The van der Waals surface area contributed by atoms with Crippen molar-refractivity contribution in [3.63, 3.8) is 0 Å². The van der Waals surface area contributed by atoms with Crippen LogP contribution >= 0.6 is 11.8 Å². The van der Waals surface area contributed by atoms with Crippen LogP contribution in [0.1, 0.15) is 5.56 Å². The normalized spacial score (nSPS) is 13.4. The van der Waals surface area contributed by atoms with Gasteiger partial charge in [-0.05, 0) is 36.4 Å². The van der Waals surface area contributed by atoms with Crippen molar-refractivity contribution in [3.05, 3.63) is 59.4 Å². The van der Waals surface area contributed by atoms with Gasteiger partial charge in [0.25, 0.3) is 5.91 Å². The lowest BCUT2D eigenvalue weighted by atomic mass is 10.2. The zero-order valence-electron chi connectivity index (χ0n) is 15.6. The molecule has 0 aliphatic carbocycles. The molecule has 1 aliphatic rings. The van der Waals surface area contributed by atoms with E-state index in [1.54, 1.807) is 30.5 Å². The highest BCUT2D eigenvalue weighted by Crippen LogP contribution is 2.30. The van der Waals surface area contributed by atoms with Crippen molar-refractivity contribution in [2.75, 3.05) is 32.1 Å². The van der Waals surface area contributed by atoms with Crippen molar-refractivity contribution in [1.29, 1.82) is 5.26 Å². The molecule has 0 saturated heterocycles. The van der Waals surface area contributed by atoms with Crippen LogP contribution in [-0.4, -0.2) is 53.7 Å². The Morgan fingerprint density at radius 3 is 2.79 bits per heavy atom. The Bertz CT molecular complexity index is 998. The molecule has 2 N–H and O–H groups in total. The number of nitrogens with one attached hydrogen (secondary N) is 1. The molecule has 1 aromatic carbocycles. The Morgan fingerprint density at radius 2 is 2.14 bits per heavy atom. The lowest BCUT2D eigenvalue weighted by Crippen LogP contribution is -2.31. The number of methoxy groups -OCH3 is 1. The predicted octanol–water partition coefficient (Wildman–Crippen LogP) is 1.78. The number of benzene rings is 1. The van der Waals surface area contributed by atoms with Crippen LogP contribution in [0.5, 0.6) is 0 Å². The highest BCUT2D eigenvalue weighted by Gasteiger charge is 2.34. The van der Waals surface area contributed by atoms with Gasteiger partial charge in [0, 0.05) is 23.3 Å². The summed E-state index contributed by atoms with van der Waals surface area (Å²) in [5, 5.41) is 21.9. The van der Waals surface area contributed by atoms with Crippen LogP contribution in [-0.2, 0) is 14.3 Å². The van der Waals surface area contributed by atoms with Gasteiger partial charge in [0.05, 0.1) is 31.4 Å². The highest BCUT2D eigenvalue weighted by atomic mass is 32.2. The molecular formula is C20H18N4O4S. The molecule has 0 bridgehead atoms. The summed E-state index contributed by atoms with van der Waals surface area (Å²) in [6.45, 7) is 0.0158. The summed E-state index contributed by atoms with van der Waals surface area (Å²) < 4.78 is 4.77. The number of amides is 1. The molecular weight excluding hydrogens is 392 g/mol. The number of nitriles is 1. The largest absolute Gasteiger partial charge is 0.466 e. The minimum atomic E-state index is -0.590. The van der Waals surface area contributed by atoms with Gasteiger partial charge in [0.2, 0.25) is 0 Å². The van der Waals surface area contributed by atoms with Crippen LogP contribution in [0.2, 0.25) is 0 Å². The number of ether oxygens (including phenoxy) is 1. The van der Waals surface area contributed by atoms with Crippen LogP contribution in [0, 0.1) is 11.3 Å². The number of esters is 1. The van der Waals surface area contributed by atoms with E-state index in [0.29, 0.717) is 16.3 Å². The van der Waals surface area contributed by atoms with Gasteiger partial charge in [-0.2, -0.15) is 5.26 Å². The van der Waals surface area contributed by atoms with Gasteiger partial charge in [0.15, 0.2) is 0 Å². The monoisotopic (exact) mass is 410 g/mol. The number of hydrogen-bond acceptors (Lipinski definition) is 8.